The third-order valence-corrected chi connectivity index (χ3v) is 5.61. The van der Waals surface area contributed by atoms with Gasteiger partial charge in [-0.2, -0.15) is 13.2 Å². The Hall–Kier alpha value is -2.88. The number of aromatic nitrogens is 2. The fraction of sp³-hybridized carbons (Fsp3) is 0.211. The number of hydrogen-bond acceptors (Lipinski definition) is 5. The molecular formula is C19H13F4N3O2S. The smallest absolute Gasteiger partial charge is 0.413 e. The maximum atomic E-state index is 13.2. The Morgan fingerprint density at radius 3 is 2.48 bits per heavy atom. The number of thioether (sulfide) groups is 1. The van der Waals surface area contributed by atoms with Gasteiger partial charge < -0.3 is 4.42 Å². The second-order valence-corrected chi connectivity index (χ2v) is 7.46. The van der Waals surface area contributed by atoms with Crippen molar-refractivity contribution in [1.82, 2.24) is 10.2 Å². The summed E-state index contributed by atoms with van der Waals surface area (Å²) in [6.07, 6.45) is -4.72. The zero-order chi connectivity index (χ0) is 20.8. The van der Waals surface area contributed by atoms with Gasteiger partial charge in [0.05, 0.1) is 5.75 Å². The first-order valence-electron chi connectivity index (χ1n) is 8.45. The van der Waals surface area contributed by atoms with Crippen molar-refractivity contribution >= 4 is 23.4 Å². The van der Waals surface area contributed by atoms with Crippen LogP contribution >= 0.6 is 11.8 Å². The van der Waals surface area contributed by atoms with Crippen molar-refractivity contribution in [2.75, 3.05) is 10.7 Å². The molecule has 0 spiro atoms. The molecule has 2 heterocycles. The highest BCUT2D eigenvalue weighted by Gasteiger charge is 2.38. The number of hydrogen-bond donors (Lipinski definition) is 0. The molecule has 2 aromatic carbocycles. The standard InChI is InChI=1S/C19H13F4N3O2S/c1-10-8-12(16-24-25-18(28-16)19(21,22)23)4-7-14(10)26-15(27)9-29-17(26)11-2-5-13(20)6-3-11/h2-8,17H,9H2,1H3. The van der Waals surface area contributed by atoms with Gasteiger partial charge >= 0.3 is 12.1 Å². The minimum Gasteiger partial charge on any atom is -0.413 e. The van der Waals surface area contributed by atoms with Gasteiger partial charge in [-0.25, -0.2) is 4.39 Å². The van der Waals surface area contributed by atoms with Crippen LogP contribution in [0, 0.1) is 12.7 Å². The van der Waals surface area contributed by atoms with Gasteiger partial charge in [0.25, 0.3) is 0 Å². The summed E-state index contributed by atoms with van der Waals surface area (Å²) in [6.45, 7) is 1.73. The van der Waals surface area contributed by atoms with Gasteiger partial charge in [-0.1, -0.05) is 12.1 Å². The number of carbonyl (C=O) groups excluding carboxylic acids is 1. The molecule has 5 nitrogen and oxygen atoms in total. The molecule has 0 radical (unpaired) electrons. The van der Waals surface area contributed by atoms with E-state index in [1.165, 1.54) is 30.0 Å². The van der Waals surface area contributed by atoms with E-state index in [0.717, 1.165) is 5.56 Å². The number of aryl methyl sites for hydroxylation is 1. The van der Waals surface area contributed by atoms with Gasteiger partial charge in [-0.05, 0) is 48.4 Å². The van der Waals surface area contributed by atoms with Gasteiger partial charge in [0.2, 0.25) is 11.8 Å². The van der Waals surface area contributed by atoms with Crippen LogP contribution in [0.15, 0.2) is 46.9 Å². The van der Waals surface area contributed by atoms with Crippen molar-refractivity contribution in [2.24, 2.45) is 0 Å². The van der Waals surface area contributed by atoms with E-state index in [4.69, 9.17) is 4.42 Å². The van der Waals surface area contributed by atoms with Crippen molar-refractivity contribution in [3.8, 4) is 11.5 Å². The topological polar surface area (TPSA) is 59.2 Å². The summed E-state index contributed by atoms with van der Waals surface area (Å²) < 4.78 is 56.0. The lowest BCUT2D eigenvalue weighted by Gasteiger charge is -2.26. The van der Waals surface area contributed by atoms with Crippen LogP contribution in [0.5, 0.6) is 0 Å². The third-order valence-electron chi connectivity index (χ3n) is 4.39. The zero-order valence-electron chi connectivity index (χ0n) is 14.9. The van der Waals surface area contributed by atoms with Crippen LogP contribution in [-0.2, 0) is 11.0 Å². The van der Waals surface area contributed by atoms with Crippen LogP contribution in [-0.4, -0.2) is 21.9 Å². The van der Waals surface area contributed by atoms with Crippen LogP contribution in [0.3, 0.4) is 0 Å². The molecular weight excluding hydrogens is 410 g/mol. The predicted molar refractivity (Wildman–Crippen MR) is 98.6 cm³/mol. The minimum atomic E-state index is -4.72. The molecule has 1 aliphatic rings. The van der Waals surface area contributed by atoms with Crippen LogP contribution < -0.4 is 4.90 Å². The van der Waals surface area contributed by atoms with Crippen LogP contribution in [0.2, 0.25) is 0 Å². The lowest BCUT2D eigenvalue weighted by Crippen LogP contribution is -2.28. The van der Waals surface area contributed by atoms with E-state index in [1.54, 1.807) is 36.1 Å². The molecule has 0 saturated carbocycles. The van der Waals surface area contributed by atoms with Crippen LogP contribution in [0.25, 0.3) is 11.5 Å². The summed E-state index contributed by atoms with van der Waals surface area (Å²) in [5, 5.41) is 6.15. The second kappa shape index (κ2) is 7.18. The molecule has 150 valence electrons. The molecule has 0 bridgehead atoms. The van der Waals surface area contributed by atoms with E-state index < -0.39 is 12.1 Å². The number of amides is 1. The molecule has 1 saturated heterocycles. The molecule has 1 amide bonds. The van der Waals surface area contributed by atoms with Crippen LogP contribution in [0.4, 0.5) is 23.2 Å². The van der Waals surface area contributed by atoms with E-state index >= 15 is 0 Å². The largest absolute Gasteiger partial charge is 0.470 e. The molecule has 1 aliphatic heterocycles. The van der Waals surface area contributed by atoms with E-state index in [-0.39, 0.29) is 28.7 Å². The van der Waals surface area contributed by atoms with E-state index in [9.17, 15) is 22.4 Å². The first-order valence-corrected chi connectivity index (χ1v) is 9.50. The highest BCUT2D eigenvalue weighted by atomic mass is 32.2. The number of carbonyl (C=O) groups is 1. The lowest BCUT2D eigenvalue weighted by molar-refractivity contribution is -0.156. The predicted octanol–water partition coefficient (Wildman–Crippen LogP) is 4.98. The molecule has 1 fully saturated rings. The molecule has 1 aromatic heterocycles. The highest BCUT2D eigenvalue weighted by Crippen LogP contribution is 2.43. The monoisotopic (exact) mass is 423 g/mol. The maximum absolute atomic E-state index is 13.2. The minimum absolute atomic E-state index is 0.114. The van der Waals surface area contributed by atoms with Gasteiger partial charge in [-0.15, -0.1) is 22.0 Å². The van der Waals surface area contributed by atoms with Gasteiger partial charge in [-0.3, -0.25) is 9.69 Å². The van der Waals surface area contributed by atoms with Crippen molar-refractivity contribution in [3.05, 3.63) is 65.3 Å². The first kappa shape index (κ1) is 19.4. The average Bonchev–Trinajstić information content (AvgIpc) is 3.30. The summed E-state index contributed by atoms with van der Waals surface area (Å²) in [6, 6.07) is 10.7. The van der Waals surface area contributed by atoms with Gasteiger partial charge in [0.15, 0.2) is 0 Å². The van der Waals surface area contributed by atoms with Crippen molar-refractivity contribution in [3.63, 3.8) is 0 Å². The molecule has 0 N–H and O–H groups in total. The molecule has 3 aromatic rings. The summed E-state index contributed by atoms with van der Waals surface area (Å²) >= 11 is 1.42. The fourth-order valence-corrected chi connectivity index (χ4v) is 4.24. The van der Waals surface area contributed by atoms with Crippen molar-refractivity contribution in [2.45, 2.75) is 18.5 Å². The Kier molecular flexibility index (Phi) is 4.81. The van der Waals surface area contributed by atoms with Crippen molar-refractivity contribution < 1.29 is 26.8 Å². The normalized spacial score (nSPS) is 17.2. The summed E-state index contributed by atoms with van der Waals surface area (Å²) in [7, 11) is 0. The fourth-order valence-electron chi connectivity index (χ4n) is 3.07. The number of anilines is 1. The molecule has 1 atom stereocenters. The number of benzene rings is 2. The van der Waals surface area contributed by atoms with E-state index in [2.05, 4.69) is 10.2 Å². The Labute approximate surface area is 166 Å². The Morgan fingerprint density at radius 1 is 1.14 bits per heavy atom. The van der Waals surface area contributed by atoms with E-state index in [1.807, 2.05) is 0 Å². The third kappa shape index (κ3) is 3.71. The Morgan fingerprint density at radius 2 is 1.86 bits per heavy atom. The average molecular weight is 423 g/mol. The number of alkyl halides is 3. The Balaban J connectivity index is 1.67. The van der Waals surface area contributed by atoms with Gasteiger partial charge in [0.1, 0.15) is 11.2 Å². The molecule has 10 heteroatoms. The molecule has 1 unspecified atom stereocenters. The SMILES string of the molecule is Cc1cc(-c2nnc(C(F)(F)F)o2)ccc1N1C(=O)CSC1c1ccc(F)cc1. The number of halogens is 4. The first-order chi connectivity index (χ1) is 13.7. The number of rotatable bonds is 3. The summed E-state index contributed by atoms with van der Waals surface area (Å²) in [5.74, 6) is -1.90. The molecule has 0 aliphatic carbocycles. The summed E-state index contributed by atoms with van der Waals surface area (Å²) in [4.78, 5) is 14.1. The second-order valence-electron chi connectivity index (χ2n) is 6.39. The van der Waals surface area contributed by atoms with Crippen LogP contribution in [0.1, 0.15) is 22.4 Å². The molecule has 4 rings (SSSR count). The number of nitrogens with zero attached hydrogens (tertiary/aromatic N) is 3. The highest BCUT2D eigenvalue weighted by molar-refractivity contribution is 8.00. The maximum Gasteiger partial charge on any atom is 0.470 e. The molecule has 29 heavy (non-hydrogen) atoms. The zero-order valence-corrected chi connectivity index (χ0v) is 15.7. The van der Waals surface area contributed by atoms with E-state index in [0.29, 0.717) is 16.8 Å². The Bertz CT molecular complexity index is 1070. The van der Waals surface area contributed by atoms with Gasteiger partial charge in [0, 0.05) is 11.3 Å². The lowest BCUT2D eigenvalue weighted by atomic mass is 10.1. The quantitative estimate of drug-likeness (QED) is 0.556. The van der Waals surface area contributed by atoms with Crippen molar-refractivity contribution in [1.29, 1.82) is 0 Å². The summed E-state index contributed by atoms with van der Waals surface area (Å²) in [5.41, 5.74) is 2.34.